The maximum atomic E-state index is 10.5. The third-order valence-corrected chi connectivity index (χ3v) is 2.22. The molecule has 0 radical (unpaired) electrons. The fourth-order valence-corrected chi connectivity index (χ4v) is 1.42. The zero-order valence-corrected chi connectivity index (χ0v) is 8.51. The number of rotatable bonds is 4. The van der Waals surface area contributed by atoms with E-state index in [0.29, 0.717) is 12.0 Å². The summed E-state index contributed by atoms with van der Waals surface area (Å²) in [6, 6.07) is 3.55. The predicted octanol–water partition coefficient (Wildman–Crippen LogP) is 2.10. The molecule has 0 bridgehead atoms. The van der Waals surface area contributed by atoms with Crippen LogP contribution in [0.2, 0.25) is 0 Å². The van der Waals surface area contributed by atoms with Gasteiger partial charge in [-0.2, -0.15) is 0 Å². The van der Waals surface area contributed by atoms with E-state index in [1.165, 1.54) is 18.2 Å². The largest absolute Gasteiger partial charge is 0.508 e. The average molecular weight is 210 g/mol. The van der Waals surface area contributed by atoms with E-state index < -0.39 is 4.92 Å². The van der Waals surface area contributed by atoms with Crippen LogP contribution in [0.4, 0.5) is 5.69 Å². The number of phenolic OH excluding ortho intramolecular Hbond substituents is 1. The number of phenols is 1. The van der Waals surface area contributed by atoms with Crippen molar-refractivity contribution < 1.29 is 10.0 Å². The maximum Gasteiger partial charge on any atom is 0.270 e. The summed E-state index contributed by atoms with van der Waals surface area (Å²) < 4.78 is 0. The molecular weight excluding hydrogens is 196 g/mol. The maximum absolute atomic E-state index is 10.5. The van der Waals surface area contributed by atoms with Crippen LogP contribution in [0, 0.1) is 10.1 Å². The Bertz CT molecular complexity index is 366. The highest BCUT2D eigenvalue weighted by Gasteiger charge is 2.15. The molecular formula is C10H14N2O3. The summed E-state index contributed by atoms with van der Waals surface area (Å²) in [5, 5.41) is 20.0. The number of nitrogens with two attached hydrogens (primary N) is 1. The number of aromatic hydroxyl groups is 1. The second-order valence-corrected chi connectivity index (χ2v) is 3.40. The van der Waals surface area contributed by atoms with Gasteiger partial charge < -0.3 is 10.8 Å². The van der Waals surface area contributed by atoms with Crippen LogP contribution in [0.25, 0.3) is 0 Å². The molecule has 0 fully saturated rings. The molecule has 0 saturated carbocycles. The molecule has 1 aromatic rings. The summed E-state index contributed by atoms with van der Waals surface area (Å²) in [5.41, 5.74) is 6.18. The van der Waals surface area contributed by atoms with Crippen molar-refractivity contribution in [3.05, 3.63) is 33.9 Å². The van der Waals surface area contributed by atoms with E-state index >= 15 is 0 Å². The van der Waals surface area contributed by atoms with Gasteiger partial charge in [-0.1, -0.05) is 13.3 Å². The lowest BCUT2D eigenvalue weighted by Crippen LogP contribution is -2.10. The van der Waals surface area contributed by atoms with Gasteiger partial charge in [-0.25, -0.2) is 0 Å². The lowest BCUT2D eigenvalue weighted by Gasteiger charge is -2.11. The van der Waals surface area contributed by atoms with Crippen LogP contribution in [0.15, 0.2) is 18.2 Å². The molecule has 0 aliphatic heterocycles. The van der Waals surface area contributed by atoms with Gasteiger partial charge in [0.2, 0.25) is 0 Å². The summed E-state index contributed by atoms with van der Waals surface area (Å²) in [6.07, 6.45) is 1.55. The van der Waals surface area contributed by atoms with Crippen molar-refractivity contribution in [1.82, 2.24) is 0 Å². The molecule has 0 aliphatic rings. The Labute approximate surface area is 87.7 Å². The molecule has 1 atom stereocenters. The molecule has 0 heterocycles. The first-order valence-electron chi connectivity index (χ1n) is 4.79. The molecule has 0 aromatic heterocycles. The number of benzene rings is 1. The number of nitrogens with zero attached hydrogens (tertiary/aromatic N) is 1. The van der Waals surface area contributed by atoms with Gasteiger partial charge >= 0.3 is 0 Å². The Morgan fingerprint density at radius 2 is 2.27 bits per heavy atom. The normalized spacial score (nSPS) is 12.4. The highest BCUT2D eigenvalue weighted by atomic mass is 16.6. The second-order valence-electron chi connectivity index (χ2n) is 3.40. The van der Waals surface area contributed by atoms with Crippen molar-refractivity contribution in [1.29, 1.82) is 0 Å². The first-order chi connectivity index (χ1) is 7.06. The lowest BCUT2D eigenvalue weighted by atomic mass is 10.0. The Morgan fingerprint density at radius 1 is 1.60 bits per heavy atom. The molecule has 3 N–H and O–H groups in total. The van der Waals surface area contributed by atoms with Crippen LogP contribution in [0.1, 0.15) is 31.4 Å². The summed E-state index contributed by atoms with van der Waals surface area (Å²) >= 11 is 0. The van der Waals surface area contributed by atoms with Crippen molar-refractivity contribution in [2.75, 3.05) is 0 Å². The highest BCUT2D eigenvalue weighted by Crippen LogP contribution is 2.29. The fraction of sp³-hybridized carbons (Fsp3) is 0.400. The van der Waals surface area contributed by atoms with Gasteiger partial charge in [-0.15, -0.1) is 0 Å². The molecule has 5 heteroatoms. The van der Waals surface area contributed by atoms with E-state index in [0.717, 1.165) is 6.42 Å². The molecule has 1 rings (SSSR count). The van der Waals surface area contributed by atoms with E-state index in [1.54, 1.807) is 0 Å². The van der Waals surface area contributed by atoms with Gasteiger partial charge in [0, 0.05) is 23.7 Å². The summed E-state index contributed by atoms with van der Waals surface area (Å²) in [4.78, 5) is 10.0. The Hall–Kier alpha value is -1.62. The number of nitro benzene ring substituents is 1. The number of non-ortho nitro benzene ring substituents is 1. The number of hydrogen-bond acceptors (Lipinski definition) is 4. The van der Waals surface area contributed by atoms with E-state index in [1.807, 2.05) is 6.92 Å². The zero-order valence-electron chi connectivity index (χ0n) is 8.51. The monoisotopic (exact) mass is 210 g/mol. The zero-order chi connectivity index (χ0) is 11.4. The van der Waals surface area contributed by atoms with Gasteiger partial charge in [0.25, 0.3) is 5.69 Å². The summed E-state index contributed by atoms with van der Waals surface area (Å²) in [6.45, 7) is 1.97. The summed E-state index contributed by atoms with van der Waals surface area (Å²) in [7, 11) is 0. The molecule has 15 heavy (non-hydrogen) atoms. The Morgan fingerprint density at radius 3 is 2.80 bits per heavy atom. The van der Waals surface area contributed by atoms with Gasteiger partial charge in [0.1, 0.15) is 5.75 Å². The Balaban J connectivity index is 3.04. The van der Waals surface area contributed by atoms with Crippen LogP contribution in [-0.2, 0) is 0 Å². The standard InChI is InChI=1S/C10H14N2O3/c1-2-3-9(11)8-6-7(12(14)15)4-5-10(8)13/h4-6,9,13H,2-3,11H2,1H3/t9-/m1/s1. The van der Waals surface area contributed by atoms with Crippen molar-refractivity contribution in [2.24, 2.45) is 5.73 Å². The molecule has 1 aromatic carbocycles. The molecule has 0 spiro atoms. The minimum atomic E-state index is -0.498. The number of nitro groups is 1. The molecule has 82 valence electrons. The third kappa shape index (κ3) is 2.66. The molecule has 5 nitrogen and oxygen atoms in total. The van der Waals surface area contributed by atoms with Crippen LogP contribution in [0.3, 0.4) is 0 Å². The van der Waals surface area contributed by atoms with E-state index in [9.17, 15) is 15.2 Å². The Kier molecular flexibility index (Phi) is 3.62. The van der Waals surface area contributed by atoms with Crippen molar-refractivity contribution in [2.45, 2.75) is 25.8 Å². The molecule has 0 unspecified atom stereocenters. The topological polar surface area (TPSA) is 89.4 Å². The SMILES string of the molecule is CCC[C@@H](N)c1cc([N+](=O)[O-])ccc1O. The van der Waals surface area contributed by atoms with Gasteiger partial charge in [-0.3, -0.25) is 10.1 Å². The first kappa shape index (κ1) is 11.5. The van der Waals surface area contributed by atoms with Crippen molar-refractivity contribution in [3.8, 4) is 5.75 Å². The fourth-order valence-electron chi connectivity index (χ4n) is 1.42. The average Bonchev–Trinajstić information content (AvgIpc) is 2.18. The predicted molar refractivity (Wildman–Crippen MR) is 56.6 cm³/mol. The second kappa shape index (κ2) is 4.75. The smallest absolute Gasteiger partial charge is 0.270 e. The highest BCUT2D eigenvalue weighted by molar-refractivity contribution is 5.44. The van der Waals surface area contributed by atoms with Crippen molar-refractivity contribution in [3.63, 3.8) is 0 Å². The molecule has 0 amide bonds. The number of hydrogen-bond donors (Lipinski definition) is 2. The van der Waals surface area contributed by atoms with Gasteiger partial charge in [0.15, 0.2) is 0 Å². The van der Waals surface area contributed by atoms with Crippen LogP contribution in [-0.4, -0.2) is 10.0 Å². The van der Waals surface area contributed by atoms with Crippen LogP contribution in [0.5, 0.6) is 5.75 Å². The van der Waals surface area contributed by atoms with E-state index in [4.69, 9.17) is 5.73 Å². The van der Waals surface area contributed by atoms with Gasteiger partial charge in [-0.05, 0) is 12.5 Å². The lowest BCUT2D eigenvalue weighted by molar-refractivity contribution is -0.385. The van der Waals surface area contributed by atoms with Crippen LogP contribution < -0.4 is 5.73 Å². The third-order valence-electron chi connectivity index (χ3n) is 2.22. The molecule has 0 aliphatic carbocycles. The van der Waals surface area contributed by atoms with Gasteiger partial charge in [0.05, 0.1) is 4.92 Å². The van der Waals surface area contributed by atoms with Crippen molar-refractivity contribution >= 4 is 5.69 Å². The van der Waals surface area contributed by atoms with Crippen LogP contribution >= 0.6 is 0 Å². The minimum Gasteiger partial charge on any atom is -0.508 e. The molecule has 0 saturated heterocycles. The quantitative estimate of drug-likeness (QED) is 0.588. The van der Waals surface area contributed by atoms with E-state index in [-0.39, 0.29) is 17.5 Å². The first-order valence-corrected chi connectivity index (χ1v) is 4.79. The van der Waals surface area contributed by atoms with E-state index in [2.05, 4.69) is 0 Å². The minimum absolute atomic E-state index is 0.0153. The summed E-state index contributed by atoms with van der Waals surface area (Å²) in [5.74, 6) is 0.0153.